The zero-order valence-electron chi connectivity index (χ0n) is 29.4. The minimum atomic E-state index is -1.15. The molecule has 13 heteroatoms. The minimum Gasteiger partial charge on any atom is -0.493 e. The van der Waals surface area contributed by atoms with Gasteiger partial charge in [-0.05, 0) is 94.2 Å². The highest BCUT2D eigenvalue weighted by Gasteiger charge is 2.19. The van der Waals surface area contributed by atoms with Gasteiger partial charge in [0.2, 0.25) is 5.91 Å². The topological polar surface area (TPSA) is 173 Å². The number of ether oxygens (including phenoxy) is 3. The normalized spacial score (nSPS) is 13.0. The molecule has 4 rings (SSSR count). The van der Waals surface area contributed by atoms with E-state index in [9.17, 15) is 19.2 Å². The molecule has 1 aliphatic heterocycles. The van der Waals surface area contributed by atoms with Crippen LogP contribution in [0.5, 0.6) is 11.5 Å². The van der Waals surface area contributed by atoms with Crippen LogP contribution in [0.25, 0.3) is 0 Å². The van der Waals surface area contributed by atoms with E-state index in [2.05, 4.69) is 22.6 Å². The summed E-state index contributed by atoms with van der Waals surface area (Å²) in [6, 6.07) is 17.0. The number of piperazine rings is 1. The summed E-state index contributed by atoms with van der Waals surface area (Å²) in [5.41, 5.74) is 8.35. The summed E-state index contributed by atoms with van der Waals surface area (Å²) in [6.45, 7) is 5.81. The van der Waals surface area contributed by atoms with Gasteiger partial charge >= 0.3 is 5.97 Å². The Hall–Kier alpha value is -4.98. The lowest BCUT2D eigenvalue weighted by molar-refractivity contribution is -0.142. The standard InChI is InChI=1S/C38H49N5O8/c1-27-12-14-32(34(23-27)51-21-7-3-4-11-35(44)43-19-17-42(2)18-20-43)41-37(47)28-13-15-31(29(24-28)25-49-26-36(45)46)40-38(48)30-9-5-6-10-33(30)50-22-8-16-39/h5-6,9-10,12-15,23-24H,3-4,7-8,11,16-22,25-26,39H2,1-2H3,(H,40,48)(H,41,47)(H,45,46). The lowest BCUT2D eigenvalue weighted by Gasteiger charge is -2.32. The SMILES string of the molecule is Cc1ccc(NC(=O)c2ccc(NC(=O)c3ccccc3OCCCN)c(COCC(=O)O)c2)c(OCCCCCC(=O)N2CCN(C)CC2)c1. The van der Waals surface area contributed by atoms with Crippen molar-refractivity contribution < 1.29 is 38.5 Å². The number of aliphatic carboxylic acids is 1. The second-order valence-electron chi connectivity index (χ2n) is 12.5. The van der Waals surface area contributed by atoms with Gasteiger partial charge in [0.1, 0.15) is 18.1 Å². The number of carbonyl (C=O) groups excluding carboxylic acids is 3. The van der Waals surface area contributed by atoms with Crippen LogP contribution >= 0.6 is 0 Å². The van der Waals surface area contributed by atoms with E-state index in [1.165, 1.54) is 0 Å². The van der Waals surface area contributed by atoms with Crippen LogP contribution in [-0.2, 0) is 20.9 Å². The van der Waals surface area contributed by atoms with Crippen molar-refractivity contribution in [1.82, 2.24) is 9.80 Å². The number of para-hydroxylation sites is 1. The van der Waals surface area contributed by atoms with Gasteiger partial charge in [-0.2, -0.15) is 0 Å². The van der Waals surface area contributed by atoms with Gasteiger partial charge in [0, 0.05) is 49.4 Å². The van der Waals surface area contributed by atoms with Crippen molar-refractivity contribution in [2.45, 2.75) is 45.6 Å². The summed E-state index contributed by atoms with van der Waals surface area (Å²) in [5, 5.41) is 14.9. The highest BCUT2D eigenvalue weighted by atomic mass is 16.5. The van der Waals surface area contributed by atoms with Crippen molar-refractivity contribution in [1.29, 1.82) is 0 Å². The van der Waals surface area contributed by atoms with Crippen molar-refractivity contribution >= 4 is 35.1 Å². The number of hydrogen-bond donors (Lipinski definition) is 4. The number of rotatable bonds is 19. The monoisotopic (exact) mass is 703 g/mol. The maximum Gasteiger partial charge on any atom is 0.329 e. The number of nitrogens with zero attached hydrogens (tertiary/aromatic N) is 2. The molecule has 3 aromatic carbocycles. The number of carboxylic acid groups (broad SMARTS) is 1. The van der Waals surface area contributed by atoms with Gasteiger partial charge < -0.3 is 45.5 Å². The second-order valence-corrected chi connectivity index (χ2v) is 12.5. The Bertz CT molecular complexity index is 1640. The molecule has 1 saturated heterocycles. The molecule has 0 aliphatic carbocycles. The van der Waals surface area contributed by atoms with Crippen LogP contribution in [0.1, 0.15) is 63.9 Å². The molecule has 0 saturated carbocycles. The van der Waals surface area contributed by atoms with Crippen molar-refractivity contribution in [2.24, 2.45) is 5.73 Å². The molecule has 0 radical (unpaired) electrons. The van der Waals surface area contributed by atoms with Crippen molar-refractivity contribution in [3.05, 3.63) is 82.9 Å². The highest BCUT2D eigenvalue weighted by Crippen LogP contribution is 2.28. The predicted molar refractivity (Wildman–Crippen MR) is 194 cm³/mol. The molecule has 3 aromatic rings. The summed E-state index contributed by atoms with van der Waals surface area (Å²) < 4.78 is 17.2. The van der Waals surface area contributed by atoms with Crippen LogP contribution in [0, 0.1) is 6.92 Å². The number of hydrogen-bond acceptors (Lipinski definition) is 9. The maximum absolute atomic E-state index is 13.5. The van der Waals surface area contributed by atoms with Gasteiger partial charge in [0.05, 0.1) is 31.1 Å². The number of unbranched alkanes of at least 4 members (excludes halogenated alkanes) is 2. The van der Waals surface area contributed by atoms with Crippen LogP contribution in [0.15, 0.2) is 60.7 Å². The predicted octanol–water partition coefficient (Wildman–Crippen LogP) is 4.54. The number of anilines is 2. The Morgan fingerprint density at radius 3 is 2.27 bits per heavy atom. The third-order valence-corrected chi connectivity index (χ3v) is 8.37. The number of aryl methyl sites for hydroxylation is 1. The molecule has 0 aromatic heterocycles. The summed E-state index contributed by atoms with van der Waals surface area (Å²) in [5.74, 6) is -0.897. The summed E-state index contributed by atoms with van der Waals surface area (Å²) in [7, 11) is 2.07. The Morgan fingerprint density at radius 2 is 1.51 bits per heavy atom. The molecule has 3 amide bonds. The lowest BCUT2D eigenvalue weighted by Crippen LogP contribution is -2.47. The number of nitrogens with one attached hydrogen (secondary N) is 2. The van der Waals surface area contributed by atoms with Gasteiger partial charge in [-0.3, -0.25) is 14.4 Å². The fraction of sp³-hybridized carbons (Fsp3) is 0.421. The van der Waals surface area contributed by atoms with E-state index in [0.717, 1.165) is 51.0 Å². The smallest absolute Gasteiger partial charge is 0.329 e. The van der Waals surface area contributed by atoms with Gasteiger partial charge in [0.15, 0.2) is 0 Å². The molecule has 51 heavy (non-hydrogen) atoms. The fourth-order valence-electron chi connectivity index (χ4n) is 5.46. The van der Waals surface area contributed by atoms with Gasteiger partial charge in [-0.25, -0.2) is 4.79 Å². The summed E-state index contributed by atoms with van der Waals surface area (Å²) >= 11 is 0. The Morgan fingerprint density at radius 1 is 0.804 bits per heavy atom. The Balaban J connectivity index is 1.38. The maximum atomic E-state index is 13.5. The number of benzene rings is 3. The number of amides is 3. The zero-order chi connectivity index (χ0) is 36.6. The first-order valence-electron chi connectivity index (χ1n) is 17.3. The van der Waals surface area contributed by atoms with Crippen LogP contribution in [-0.4, -0.2) is 98.2 Å². The number of carbonyl (C=O) groups is 4. The molecule has 0 bridgehead atoms. The number of carboxylic acids is 1. The van der Waals surface area contributed by atoms with Crippen LogP contribution in [0.3, 0.4) is 0 Å². The third kappa shape index (κ3) is 12.4. The molecule has 0 spiro atoms. The highest BCUT2D eigenvalue weighted by molar-refractivity contribution is 6.08. The Kier molecular flexibility index (Phi) is 15.2. The summed E-state index contributed by atoms with van der Waals surface area (Å²) in [6.07, 6.45) is 3.54. The van der Waals surface area contributed by atoms with Crippen molar-refractivity contribution in [3.8, 4) is 11.5 Å². The molecule has 0 unspecified atom stereocenters. The number of likely N-dealkylation sites (N-methyl/N-ethyl adjacent to an activating group) is 1. The van der Waals surface area contributed by atoms with Crippen LogP contribution in [0.4, 0.5) is 11.4 Å². The van der Waals surface area contributed by atoms with Crippen molar-refractivity contribution in [3.63, 3.8) is 0 Å². The van der Waals surface area contributed by atoms with Crippen LogP contribution in [0.2, 0.25) is 0 Å². The quantitative estimate of drug-likeness (QED) is 0.130. The third-order valence-electron chi connectivity index (χ3n) is 8.37. The van der Waals surface area contributed by atoms with E-state index in [-0.39, 0.29) is 18.1 Å². The molecule has 274 valence electrons. The minimum absolute atomic E-state index is 0.169. The molecule has 1 fully saturated rings. The largest absolute Gasteiger partial charge is 0.493 e. The van der Waals surface area contributed by atoms with E-state index < -0.39 is 24.4 Å². The van der Waals surface area contributed by atoms with Gasteiger partial charge in [-0.15, -0.1) is 0 Å². The summed E-state index contributed by atoms with van der Waals surface area (Å²) in [4.78, 5) is 54.6. The van der Waals surface area contributed by atoms with Crippen molar-refractivity contribution in [2.75, 3.05) is 70.2 Å². The first-order valence-corrected chi connectivity index (χ1v) is 17.3. The van der Waals surface area contributed by atoms with Crippen LogP contribution < -0.4 is 25.8 Å². The average Bonchev–Trinajstić information content (AvgIpc) is 3.11. The first-order chi connectivity index (χ1) is 24.6. The zero-order valence-corrected chi connectivity index (χ0v) is 29.4. The molecule has 1 aliphatic rings. The second kappa shape index (κ2) is 20.0. The van der Waals surface area contributed by atoms with Gasteiger partial charge in [-0.1, -0.05) is 18.2 Å². The molecule has 1 heterocycles. The fourth-order valence-corrected chi connectivity index (χ4v) is 5.46. The molecule has 13 nitrogen and oxygen atoms in total. The van der Waals surface area contributed by atoms with E-state index in [4.69, 9.17) is 25.1 Å². The molecule has 5 N–H and O–H groups in total. The van der Waals surface area contributed by atoms with E-state index in [1.54, 1.807) is 48.5 Å². The molecular weight excluding hydrogens is 654 g/mol. The number of nitrogens with two attached hydrogens (primary N) is 1. The van der Waals surface area contributed by atoms with Gasteiger partial charge in [0.25, 0.3) is 11.8 Å². The van der Waals surface area contributed by atoms with E-state index in [1.807, 2.05) is 24.0 Å². The first kappa shape index (κ1) is 38.8. The van der Waals surface area contributed by atoms with E-state index in [0.29, 0.717) is 66.6 Å². The average molecular weight is 704 g/mol. The molecule has 0 atom stereocenters. The van der Waals surface area contributed by atoms with E-state index >= 15 is 0 Å². The Labute approximate surface area is 299 Å². The lowest BCUT2D eigenvalue weighted by atomic mass is 10.1. The molecular formula is C38H49N5O8.